The van der Waals surface area contributed by atoms with Gasteiger partial charge in [0.2, 0.25) is 0 Å². The lowest BCUT2D eigenvalue weighted by Crippen LogP contribution is -2.31. The fourth-order valence-electron chi connectivity index (χ4n) is 4.33. The highest BCUT2D eigenvalue weighted by Gasteiger charge is 2.27. The zero-order valence-corrected chi connectivity index (χ0v) is 19.4. The number of nitrogens with one attached hydrogen (secondary N) is 1. The number of amides is 2. The van der Waals surface area contributed by atoms with Crippen molar-refractivity contribution in [3.8, 4) is 0 Å². The molecule has 0 bridgehead atoms. The van der Waals surface area contributed by atoms with E-state index in [1.165, 1.54) is 6.92 Å². The van der Waals surface area contributed by atoms with Crippen LogP contribution in [0.2, 0.25) is 0 Å². The third-order valence-electron chi connectivity index (χ3n) is 6.11. The summed E-state index contributed by atoms with van der Waals surface area (Å²) in [4.78, 5) is 39.1. The standard InChI is InChI=1S/C28H28N2O4/c1-19-8-3-4-10-24(19)27(32)29-23-15-13-21(14-16-23)28(33)30-17-7-9-22(18-34-20(2)31)25-11-5-6-12-26(25)30/h3-6,8,10-16,22H,7,9,17-18H2,1-2H3,(H,29,32). The number of hydrogen-bond donors (Lipinski definition) is 1. The lowest BCUT2D eigenvalue weighted by Gasteiger charge is -2.24. The molecule has 0 radical (unpaired) electrons. The van der Waals surface area contributed by atoms with Gasteiger partial charge in [-0.25, -0.2) is 0 Å². The topological polar surface area (TPSA) is 75.7 Å². The summed E-state index contributed by atoms with van der Waals surface area (Å²) in [6, 6.07) is 22.2. The van der Waals surface area contributed by atoms with E-state index < -0.39 is 0 Å². The van der Waals surface area contributed by atoms with Crippen molar-refractivity contribution in [1.82, 2.24) is 0 Å². The van der Waals surface area contributed by atoms with Crippen LogP contribution in [0, 0.1) is 6.92 Å². The van der Waals surface area contributed by atoms with E-state index in [1.807, 2.05) is 49.4 Å². The molecule has 1 heterocycles. The highest BCUT2D eigenvalue weighted by molar-refractivity contribution is 6.08. The molecule has 0 spiro atoms. The third-order valence-corrected chi connectivity index (χ3v) is 6.11. The first-order chi connectivity index (χ1) is 16.4. The monoisotopic (exact) mass is 456 g/mol. The number of para-hydroxylation sites is 1. The molecule has 2 amide bonds. The molecule has 0 saturated carbocycles. The molecule has 0 fully saturated rings. The van der Waals surface area contributed by atoms with Crippen molar-refractivity contribution in [3.63, 3.8) is 0 Å². The van der Waals surface area contributed by atoms with E-state index in [0.717, 1.165) is 29.7 Å². The van der Waals surface area contributed by atoms with Gasteiger partial charge in [0.1, 0.15) is 0 Å². The van der Waals surface area contributed by atoms with Crippen LogP contribution in [0.3, 0.4) is 0 Å². The highest BCUT2D eigenvalue weighted by Crippen LogP contribution is 2.35. The number of carbonyl (C=O) groups is 3. The molecule has 0 aromatic heterocycles. The largest absolute Gasteiger partial charge is 0.465 e. The number of rotatable bonds is 5. The number of aryl methyl sites for hydroxylation is 1. The number of fused-ring (bicyclic) bond motifs is 1. The third kappa shape index (κ3) is 5.17. The smallest absolute Gasteiger partial charge is 0.302 e. The fraction of sp³-hybridized carbons (Fsp3) is 0.250. The summed E-state index contributed by atoms with van der Waals surface area (Å²) in [6.07, 6.45) is 1.63. The Hall–Kier alpha value is -3.93. The SMILES string of the molecule is CC(=O)OCC1CCCN(C(=O)c2ccc(NC(=O)c3ccccc3C)cc2)c2ccccc21. The fourth-order valence-corrected chi connectivity index (χ4v) is 4.33. The Morgan fingerprint density at radius 1 is 0.971 bits per heavy atom. The van der Waals surface area contributed by atoms with Crippen LogP contribution in [-0.2, 0) is 9.53 Å². The molecule has 6 heteroatoms. The van der Waals surface area contributed by atoms with E-state index in [9.17, 15) is 14.4 Å². The molecule has 3 aromatic rings. The Labute approximate surface area is 199 Å². The van der Waals surface area contributed by atoms with E-state index in [0.29, 0.717) is 30.0 Å². The van der Waals surface area contributed by atoms with Crippen LogP contribution in [0.4, 0.5) is 11.4 Å². The first-order valence-electron chi connectivity index (χ1n) is 11.4. The van der Waals surface area contributed by atoms with Gasteiger partial charge in [0, 0.05) is 41.9 Å². The van der Waals surface area contributed by atoms with Crippen molar-refractivity contribution in [1.29, 1.82) is 0 Å². The number of hydrogen-bond acceptors (Lipinski definition) is 4. The van der Waals surface area contributed by atoms with Gasteiger partial charge in [-0.1, -0.05) is 36.4 Å². The van der Waals surface area contributed by atoms with E-state index >= 15 is 0 Å². The van der Waals surface area contributed by atoms with Gasteiger partial charge in [0.15, 0.2) is 0 Å². The van der Waals surface area contributed by atoms with Gasteiger partial charge < -0.3 is 15.0 Å². The molecule has 1 aliphatic rings. The van der Waals surface area contributed by atoms with Gasteiger partial charge in [-0.3, -0.25) is 14.4 Å². The lowest BCUT2D eigenvalue weighted by atomic mass is 9.95. The second-order valence-corrected chi connectivity index (χ2v) is 8.50. The zero-order valence-electron chi connectivity index (χ0n) is 19.4. The lowest BCUT2D eigenvalue weighted by molar-refractivity contribution is -0.141. The zero-order chi connectivity index (χ0) is 24.1. The van der Waals surface area contributed by atoms with Crippen LogP contribution in [0.1, 0.15) is 57.5 Å². The molecule has 1 unspecified atom stereocenters. The maximum atomic E-state index is 13.4. The van der Waals surface area contributed by atoms with Crippen LogP contribution < -0.4 is 10.2 Å². The van der Waals surface area contributed by atoms with Crippen molar-refractivity contribution in [3.05, 3.63) is 95.1 Å². The van der Waals surface area contributed by atoms with Gasteiger partial charge in [0.25, 0.3) is 11.8 Å². The minimum Gasteiger partial charge on any atom is -0.465 e. The van der Waals surface area contributed by atoms with Gasteiger partial charge in [-0.05, 0) is 67.3 Å². The van der Waals surface area contributed by atoms with Gasteiger partial charge in [0.05, 0.1) is 6.61 Å². The van der Waals surface area contributed by atoms with Crippen molar-refractivity contribution in [2.45, 2.75) is 32.6 Å². The van der Waals surface area contributed by atoms with Gasteiger partial charge in [-0.15, -0.1) is 0 Å². The van der Waals surface area contributed by atoms with Crippen molar-refractivity contribution in [2.75, 3.05) is 23.4 Å². The number of anilines is 2. The van der Waals surface area contributed by atoms with Gasteiger partial charge in [-0.2, -0.15) is 0 Å². The molecular weight excluding hydrogens is 428 g/mol. The van der Waals surface area contributed by atoms with Crippen LogP contribution >= 0.6 is 0 Å². The summed E-state index contributed by atoms with van der Waals surface area (Å²) in [7, 11) is 0. The molecule has 0 saturated heterocycles. The highest BCUT2D eigenvalue weighted by atomic mass is 16.5. The summed E-state index contributed by atoms with van der Waals surface area (Å²) in [5.74, 6) is -0.531. The minimum atomic E-state index is -0.302. The number of esters is 1. The van der Waals surface area contributed by atoms with Crippen LogP contribution in [0.5, 0.6) is 0 Å². The summed E-state index contributed by atoms with van der Waals surface area (Å²) >= 11 is 0. The van der Waals surface area contributed by atoms with E-state index in [1.54, 1.807) is 35.2 Å². The Morgan fingerprint density at radius 3 is 2.41 bits per heavy atom. The first kappa shape index (κ1) is 23.2. The van der Waals surface area contributed by atoms with Crippen molar-refractivity contribution >= 4 is 29.2 Å². The Bertz CT molecular complexity index is 1200. The second-order valence-electron chi connectivity index (χ2n) is 8.50. The second kappa shape index (κ2) is 10.3. The van der Waals surface area contributed by atoms with Gasteiger partial charge >= 0.3 is 5.97 Å². The maximum absolute atomic E-state index is 13.4. The molecule has 3 aromatic carbocycles. The molecule has 174 valence electrons. The first-order valence-corrected chi connectivity index (χ1v) is 11.4. The average molecular weight is 457 g/mol. The number of carbonyl (C=O) groups excluding carboxylic acids is 3. The predicted molar refractivity (Wildman–Crippen MR) is 132 cm³/mol. The maximum Gasteiger partial charge on any atom is 0.302 e. The Balaban J connectivity index is 1.51. The predicted octanol–water partition coefficient (Wildman–Crippen LogP) is 5.33. The van der Waals surface area contributed by atoms with Crippen LogP contribution in [0.25, 0.3) is 0 Å². The summed E-state index contributed by atoms with van der Waals surface area (Å²) in [5.41, 5.74) is 4.55. The molecular formula is C28H28N2O4. The molecule has 4 rings (SSSR count). The normalized spacial score (nSPS) is 15.1. The Morgan fingerprint density at radius 2 is 1.68 bits per heavy atom. The molecule has 0 aliphatic carbocycles. The Kier molecular flexibility index (Phi) is 7.07. The minimum absolute atomic E-state index is 0.0527. The summed E-state index contributed by atoms with van der Waals surface area (Å²) < 4.78 is 5.28. The quantitative estimate of drug-likeness (QED) is 0.526. The molecule has 34 heavy (non-hydrogen) atoms. The number of nitrogens with zero attached hydrogens (tertiary/aromatic N) is 1. The summed E-state index contributed by atoms with van der Waals surface area (Å²) in [5, 5.41) is 2.89. The summed E-state index contributed by atoms with van der Waals surface area (Å²) in [6.45, 7) is 4.19. The molecule has 1 aliphatic heterocycles. The molecule has 6 nitrogen and oxygen atoms in total. The van der Waals surface area contributed by atoms with Crippen LogP contribution in [0.15, 0.2) is 72.8 Å². The molecule has 1 atom stereocenters. The van der Waals surface area contributed by atoms with E-state index in [-0.39, 0.29) is 23.7 Å². The number of ether oxygens (including phenoxy) is 1. The van der Waals surface area contributed by atoms with E-state index in [4.69, 9.17) is 4.74 Å². The van der Waals surface area contributed by atoms with E-state index in [2.05, 4.69) is 5.32 Å². The average Bonchev–Trinajstić information content (AvgIpc) is 3.02. The van der Waals surface area contributed by atoms with Crippen LogP contribution in [-0.4, -0.2) is 30.9 Å². The number of benzene rings is 3. The van der Waals surface area contributed by atoms with Crippen molar-refractivity contribution < 1.29 is 19.1 Å². The molecule has 1 N–H and O–H groups in total. The van der Waals surface area contributed by atoms with Crippen molar-refractivity contribution in [2.24, 2.45) is 0 Å².